The van der Waals surface area contributed by atoms with E-state index >= 15 is 0 Å². The van der Waals surface area contributed by atoms with Crippen molar-refractivity contribution in [3.05, 3.63) is 0 Å². The summed E-state index contributed by atoms with van der Waals surface area (Å²) < 4.78 is 55.6. The van der Waals surface area contributed by atoms with E-state index in [1.54, 1.807) is 0 Å². The van der Waals surface area contributed by atoms with Crippen molar-refractivity contribution in [2.24, 2.45) is 0 Å². The molecule has 0 aliphatic carbocycles. The third-order valence-corrected chi connectivity index (χ3v) is 1.93. The van der Waals surface area contributed by atoms with Gasteiger partial charge < -0.3 is 0 Å². The fourth-order valence-corrected chi connectivity index (χ4v) is 1.22. The minimum Gasteiger partial charge on any atom is -0.284 e. The number of rotatable bonds is 4. The van der Waals surface area contributed by atoms with Crippen molar-refractivity contribution in [1.82, 2.24) is 0 Å². The first kappa shape index (κ1) is 10.8. The van der Waals surface area contributed by atoms with Crippen molar-refractivity contribution in [2.75, 3.05) is 13.0 Å². The topological polar surface area (TPSA) is 107 Å². The summed E-state index contributed by atoms with van der Waals surface area (Å²) in [7, 11) is -7.95. The smallest absolute Gasteiger partial charge is 0.284 e. The average Bonchev–Trinajstić information content (AvgIpc) is 1.83. The Bertz CT molecular complexity index is 295. The highest BCUT2D eigenvalue weighted by Gasteiger charge is 2.14. The van der Waals surface area contributed by atoms with Gasteiger partial charge in [0.15, 0.2) is 5.94 Å². The predicted molar refractivity (Wildman–Crippen MR) is 33.4 cm³/mol. The van der Waals surface area contributed by atoms with E-state index < -0.39 is 26.5 Å². The summed E-state index contributed by atoms with van der Waals surface area (Å²) in [6.45, 7) is 0. The molecule has 11 heavy (non-hydrogen) atoms. The normalized spacial score (nSPS) is 13.3. The molecule has 0 radical (unpaired) electrons. The van der Waals surface area contributed by atoms with Gasteiger partial charge in [-0.05, 0) is 0 Å². The summed E-state index contributed by atoms with van der Waals surface area (Å²) in [6.07, 6.45) is 0. The van der Waals surface area contributed by atoms with Crippen LogP contribution in [0.1, 0.15) is 0 Å². The second-order valence-corrected chi connectivity index (χ2v) is 4.18. The lowest BCUT2D eigenvalue weighted by molar-refractivity contribution is 0.266. The monoisotopic (exact) mass is 206 g/mol. The van der Waals surface area contributed by atoms with Crippen molar-refractivity contribution in [1.29, 1.82) is 0 Å². The van der Waals surface area contributed by atoms with E-state index in [-0.39, 0.29) is 0 Å². The van der Waals surface area contributed by atoms with Crippen LogP contribution >= 0.6 is 0 Å². The van der Waals surface area contributed by atoms with Gasteiger partial charge in [0.05, 0.1) is 7.11 Å². The zero-order chi connectivity index (χ0) is 9.12. The van der Waals surface area contributed by atoms with Crippen LogP contribution in [0.3, 0.4) is 0 Å². The van der Waals surface area contributed by atoms with Crippen molar-refractivity contribution >= 4 is 20.5 Å². The first-order valence-corrected chi connectivity index (χ1v) is 5.11. The first-order valence-electron chi connectivity index (χ1n) is 2.17. The van der Waals surface area contributed by atoms with Crippen LogP contribution in [-0.2, 0) is 28.9 Å². The summed E-state index contributed by atoms with van der Waals surface area (Å²) in [5.74, 6) is -1.34. The molecule has 0 saturated heterocycles. The van der Waals surface area contributed by atoms with Crippen molar-refractivity contribution < 1.29 is 29.8 Å². The Morgan fingerprint density at radius 3 is 2.00 bits per heavy atom. The summed E-state index contributed by atoms with van der Waals surface area (Å²) in [6, 6.07) is 0. The summed E-state index contributed by atoms with van der Waals surface area (Å²) in [4.78, 5) is 0. The zero-order valence-corrected chi connectivity index (χ0v) is 7.05. The van der Waals surface area contributed by atoms with Gasteiger partial charge in [0, 0.05) is 0 Å². The molecule has 0 rings (SSSR count). The minimum atomic E-state index is -4.45. The lowest BCUT2D eigenvalue weighted by atomic mass is 11.7. The Labute approximate surface area is 64.0 Å². The van der Waals surface area contributed by atoms with Crippen LogP contribution in [0.4, 0.5) is 0 Å². The van der Waals surface area contributed by atoms with Crippen LogP contribution in [0, 0.1) is 0 Å². The standard InChI is InChI=1S/C2H6O7S2/c1-8-11(6,7)9-2-10(3,4)5/h2H2,1H3,(H,3,4,5). The molecule has 0 fully saturated rings. The molecule has 0 aromatic heterocycles. The second kappa shape index (κ2) is 3.45. The highest BCUT2D eigenvalue weighted by atomic mass is 32.3. The maximum Gasteiger partial charge on any atom is 0.400 e. The summed E-state index contributed by atoms with van der Waals surface area (Å²) >= 11 is 0. The minimum absolute atomic E-state index is 0.791. The van der Waals surface area contributed by atoms with Crippen LogP contribution in [0.15, 0.2) is 0 Å². The second-order valence-electron chi connectivity index (χ2n) is 1.39. The maximum absolute atomic E-state index is 10.2. The SMILES string of the molecule is COS(=O)(=O)OCS(=O)(=O)O. The molecule has 9 heteroatoms. The Morgan fingerprint density at radius 2 is 1.73 bits per heavy atom. The molecular formula is C2H6O7S2. The van der Waals surface area contributed by atoms with Crippen LogP contribution in [0.5, 0.6) is 0 Å². The van der Waals surface area contributed by atoms with Crippen LogP contribution < -0.4 is 0 Å². The number of hydrogen-bond acceptors (Lipinski definition) is 6. The van der Waals surface area contributed by atoms with Gasteiger partial charge in [-0.1, -0.05) is 0 Å². The van der Waals surface area contributed by atoms with Gasteiger partial charge in [0.1, 0.15) is 0 Å². The van der Waals surface area contributed by atoms with Gasteiger partial charge in [0.2, 0.25) is 0 Å². The molecule has 0 amide bonds. The first-order chi connectivity index (χ1) is 4.77. The quantitative estimate of drug-likeness (QED) is 0.572. The summed E-state index contributed by atoms with van der Waals surface area (Å²) in [5, 5.41) is 0. The molecular weight excluding hydrogens is 200 g/mol. The highest BCUT2D eigenvalue weighted by Crippen LogP contribution is 1.95. The number of hydrogen-bond donors (Lipinski definition) is 1. The van der Waals surface area contributed by atoms with Gasteiger partial charge >= 0.3 is 10.4 Å². The van der Waals surface area contributed by atoms with Gasteiger partial charge in [-0.2, -0.15) is 16.8 Å². The molecule has 0 aromatic carbocycles. The van der Waals surface area contributed by atoms with Crippen molar-refractivity contribution in [3.63, 3.8) is 0 Å². The molecule has 0 aliphatic rings. The molecule has 0 heterocycles. The maximum atomic E-state index is 10.2. The molecule has 0 bridgehead atoms. The fraction of sp³-hybridized carbons (Fsp3) is 1.00. The van der Waals surface area contributed by atoms with Crippen LogP contribution in [-0.4, -0.2) is 34.4 Å². The molecule has 68 valence electrons. The van der Waals surface area contributed by atoms with E-state index in [1.165, 1.54) is 0 Å². The lowest BCUT2D eigenvalue weighted by Crippen LogP contribution is -2.14. The Hall–Kier alpha value is -0.220. The molecule has 0 aliphatic heterocycles. The van der Waals surface area contributed by atoms with E-state index in [0.717, 1.165) is 7.11 Å². The molecule has 0 aromatic rings. The molecule has 0 atom stereocenters. The average molecular weight is 206 g/mol. The molecule has 0 unspecified atom stereocenters. The zero-order valence-electron chi connectivity index (χ0n) is 5.42. The molecule has 7 nitrogen and oxygen atoms in total. The van der Waals surface area contributed by atoms with E-state index in [2.05, 4.69) is 8.37 Å². The van der Waals surface area contributed by atoms with Gasteiger partial charge in [-0.3, -0.25) is 8.74 Å². The predicted octanol–water partition coefficient (Wildman–Crippen LogP) is -1.26. The van der Waals surface area contributed by atoms with E-state index in [0.29, 0.717) is 0 Å². The Morgan fingerprint density at radius 1 is 1.27 bits per heavy atom. The fourth-order valence-electron chi connectivity index (χ4n) is 0.168. The van der Waals surface area contributed by atoms with Gasteiger partial charge in [-0.15, -0.1) is 0 Å². The van der Waals surface area contributed by atoms with Crippen molar-refractivity contribution in [3.8, 4) is 0 Å². The van der Waals surface area contributed by atoms with Crippen LogP contribution in [0.2, 0.25) is 0 Å². The van der Waals surface area contributed by atoms with E-state index in [4.69, 9.17) is 4.55 Å². The largest absolute Gasteiger partial charge is 0.400 e. The third-order valence-electron chi connectivity index (χ3n) is 0.546. The molecule has 0 spiro atoms. The lowest BCUT2D eigenvalue weighted by Gasteiger charge is -1.98. The summed E-state index contributed by atoms with van der Waals surface area (Å²) in [5.41, 5.74) is 0. The van der Waals surface area contributed by atoms with E-state index in [1.807, 2.05) is 0 Å². The van der Waals surface area contributed by atoms with Crippen molar-refractivity contribution in [2.45, 2.75) is 0 Å². The Kier molecular flexibility index (Phi) is 3.38. The van der Waals surface area contributed by atoms with Crippen LogP contribution in [0.25, 0.3) is 0 Å². The van der Waals surface area contributed by atoms with Gasteiger partial charge in [-0.25, -0.2) is 4.18 Å². The molecule has 1 N–H and O–H groups in total. The molecule has 0 saturated carbocycles. The Balaban J connectivity index is 4.13. The highest BCUT2D eigenvalue weighted by molar-refractivity contribution is 7.87. The third kappa shape index (κ3) is 6.19. The van der Waals surface area contributed by atoms with Gasteiger partial charge in [0.25, 0.3) is 10.1 Å². The van der Waals surface area contributed by atoms with E-state index in [9.17, 15) is 16.8 Å².